The van der Waals surface area contributed by atoms with Crippen LogP contribution >= 0.6 is 10.6 Å². The third-order valence-corrected chi connectivity index (χ3v) is 8.70. The normalized spacial score (nSPS) is 17.2. The summed E-state index contributed by atoms with van der Waals surface area (Å²) < 4.78 is 34.6. The minimum absolute atomic E-state index is 0.0387. The first-order chi connectivity index (χ1) is 16.7. The Labute approximate surface area is 210 Å². The third kappa shape index (κ3) is 6.63. The van der Waals surface area contributed by atoms with Crippen LogP contribution in [0.3, 0.4) is 0 Å². The van der Waals surface area contributed by atoms with E-state index in [9.17, 15) is 13.9 Å². The van der Waals surface area contributed by atoms with Crippen molar-refractivity contribution in [1.29, 1.82) is 0 Å². The molecule has 3 N–H and O–H groups in total. The maximum absolute atomic E-state index is 11.6. The second kappa shape index (κ2) is 12.0. The maximum Gasteiger partial charge on any atom is 0.306 e. The Morgan fingerprint density at radius 3 is 2.29 bits per heavy atom. The molecule has 7 nitrogen and oxygen atoms in total. The SMILES string of the molecule is CCCCC1(CCCC)CN(c2ccccc2)c2cc(OC)c(OCCC(=O)O)cc2S(O)(O)C1. The average Bonchev–Trinajstić information content (AvgIpc) is 2.93. The number of hydrogen-bond donors (Lipinski definition) is 3. The van der Waals surface area contributed by atoms with E-state index >= 15 is 0 Å². The van der Waals surface area contributed by atoms with E-state index in [1.807, 2.05) is 30.3 Å². The van der Waals surface area contributed by atoms with E-state index in [-0.39, 0.29) is 24.2 Å². The highest BCUT2D eigenvalue weighted by Crippen LogP contribution is 2.62. The summed E-state index contributed by atoms with van der Waals surface area (Å²) >= 11 is 0. The topological polar surface area (TPSA) is 99.5 Å². The van der Waals surface area contributed by atoms with Gasteiger partial charge in [-0.05, 0) is 25.0 Å². The molecule has 1 heterocycles. The molecular weight excluding hydrogens is 466 g/mol. The highest BCUT2D eigenvalue weighted by atomic mass is 32.3. The van der Waals surface area contributed by atoms with Gasteiger partial charge in [0.2, 0.25) is 0 Å². The molecule has 1 aliphatic heterocycles. The van der Waals surface area contributed by atoms with Crippen molar-refractivity contribution < 1.29 is 28.5 Å². The molecule has 0 atom stereocenters. The quantitative estimate of drug-likeness (QED) is 0.281. The molecule has 0 bridgehead atoms. The lowest BCUT2D eigenvalue weighted by Crippen LogP contribution is -2.37. The van der Waals surface area contributed by atoms with Gasteiger partial charge in [0.25, 0.3) is 0 Å². The summed E-state index contributed by atoms with van der Waals surface area (Å²) in [5.41, 5.74) is 1.40. The number of carbonyl (C=O) groups is 1. The van der Waals surface area contributed by atoms with Gasteiger partial charge in [0, 0.05) is 35.5 Å². The van der Waals surface area contributed by atoms with Gasteiger partial charge in [-0.1, -0.05) is 57.7 Å². The third-order valence-electron chi connectivity index (χ3n) is 6.65. The number of unbranched alkanes of at least 4 members (excludes halogenated alkanes) is 2. The van der Waals surface area contributed by atoms with E-state index in [1.54, 1.807) is 12.1 Å². The Morgan fingerprint density at radius 1 is 1.06 bits per heavy atom. The largest absolute Gasteiger partial charge is 0.493 e. The molecule has 8 heteroatoms. The predicted octanol–water partition coefficient (Wildman–Crippen LogP) is 7.18. The van der Waals surface area contributed by atoms with Gasteiger partial charge < -0.3 is 19.5 Å². The van der Waals surface area contributed by atoms with Crippen molar-refractivity contribution in [3.8, 4) is 11.5 Å². The second-order valence-corrected chi connectivity index (χ2v) is 11.5. The molecule has 0 fully saturated rings. The molecule has 0 radical (unpaired) electrons. The number of para-hydroxylation sites is 1. The monoisotopic (exact) mass is 505 g/mol. The summed E-state index contributed by atoms with van der Waals surface area (Å²) in [4.78, 5) is 13.6. The van der Waals surface area contributed by atoms with E-state index in [2.05, 4.69) is 18.7 Å². The zero-order valence-electron chi connectivity index (χ0n) is 21.0. The van der Waals surface area contributed by atoms with E-state index < -0.39 is 16.6 Å². The van der Waals surface area contributed by atoms with Gasteiger partial charge in [0.15, 0.2) is 11.5 Å². The summed E-state index contributed by atoms with van der Waals surface area (Å²) in [5, 5.41) is 9.00. The van der Waals surface area contributed by atoms with Crippen molar-refractivity contribution in [2.24, 2.45) is 5.41 Å². The first-order valence-electron chi connectivity index (χ1n) is 12.4. The fourth-order valence-electron chi connectivity index (χ4n) is 4.86. The zero-order chi connectivity index (χ0) is 25.5. The molecule has 2 aromatic carbocycles. The summed E-state index contributed by atoms with van der Waals surface area (Å²) in [6, 6.07) is 13.4. The van der Waals surface area contributed by atoms with Crippen molar-refractivity contribution in [2.45, 2.75) is 63.7 Å². The van der Waals surface area contributed by atoms with E-state index in [1.165, 1.54) is 7.11 Å². The van der Waals surface area contributed by atoms with Gasteiger partial charge in [0.05, 0.1) is 30.7 Å². The molecule has 1 aliphatic rings. The highest BCUT2D eigenvalue weighted by molar-refractivity contribution is 8.24. The van der Waals surface area contributed by atoms with E-state index in [0.717, 1.165) is 44.2 Å². The summed E-state index contributed by atoms with van der Waals surface area (Å²) in [6.07, 6.45) is 5.78. The van der Waals surface area contributed by atoms with Gasteiger partial charge >= 0.3 is 5.97 Å². The number of rotatable bonds is 12. The van der Waals surface area contributed by atoms with Crippen molar-refractivity contribution in [1.82, 2.24) is 0 Å². The number of ether oxygens (including phenoxy) is 2. The van der Waals surface area contributed by atoms with Gasteiger partial charge in [-0.25, -0.2) is 0 Å². The Kier molecular flexibility index (Phi) is 9.33. The zero-order valence-corrected chi connectivity index (χ0v) is 21.9. The Hall–Kier alpha value is -2.42. The lowest BCUT2D eigenvalue weighted by Gasteiger charge is -2.42. The predicted molar refractivity (Wildman–Crippen MR) is 142 cm³/mol. The highest BCUT2D eigenvalue weighted by Gasteiger charge is 2.42. The van der Waals surface area contributed by atoms with Gasteiger partial charge in [-0.15, -0.1) is 0 Å². The minimum Gasteiger partial charge on any atom is -0.493 e. The van der Waals surface area contributed by atoms with Crippen molar-refractivity contribution in [3.63, 3.8) is 0 Å². The average molecular weight is 506 g/mol. The van der Waals surface area contributed by atoms with Crippen LogP contribution in [0, 0.1) is 5.41 Å². The number of methoxy groups -OCH3 is 1. The molecule has 194 valence electrons. The number of aliphatic carboxylic acids is 1. The number of carboxylic acid groups (broad SMARTS) is 1. The molecule has 3 rings (SSSR count). The van der Waals surface area contributed by atoms with E-state index in [4.69, 9.17) is 14.6 Å². The molecule has 2 aromatic rings. The van der Waals surface area contributed by atoms with E-state index in [0.29, 0.717) is 28.6 Å². The van der Waals surface area contributed by atoms with Gasteiger partial charge in [0.1, 0.15) is 0 Å². The van der Waals surface area contributed by atoms with Crippen LogP contribution in [0.2, 0.25) is 0 Å². The lowest BCUT2D eigenvalue weighted by atomic mass is 9.79. The van der Waals surface area contributed by atoms with Crippen molar-refractivity contribution in [2.75, 3.05) is 30.9 Å². The Bertz CT molecular complexity index is 973. The number of fused-ring (bicyclic) bond motifs is 1. The maximum atomic E-state index is 11.6. The molecule has 0 aromatic heterocycles. The molecule has 0 spiro atoms. The summed E-state index contributed by atoms with van der Waals surface area (Å²) in [5.74, 6) is 0.0712. The van der Waals surface area contributed by atoms with Crippen LogP contribution in [0.1, 0.15) is 58.8 Å². The van der Waals surface area contributed by atoms with Crippen molar-refractivity contribution in [3.05, 3.63) is 42.5 Å². The molecule has 0 saturated carbocycles. The number of benzene rings is 2. The first kappa shape index (κ1) is 27.2. The number of hydrogen-bond acceptors (Lipinski definition) is 6. The summed E-state index contributed by atoms with van der Waals surface area (Å²) in [7, 11) is -1.64. The number of nitrogens with zero attached hydrogens (tertiary/aromatic N) is 1. The fraction of sp³-hybridized carbons (Fsp3) is 0.519. The van der Waals surface area contributed by atoms with Crippen LogP contribution in [0.15, 0.2) is 47.4 Å². The smallest absolute Gasteiger partial charge is 0.306 e. The lowest BCUT2D eigenvalue weighted by molar-refractivity contribution is -0.137. The van der Waals surface area contributed by atoms with Crippen LogP contribution in [-0.2, 0) is 4.79 Å². The Morgan fingerprint density at radius 2 is 1.71 bits per heavy atom. The van der Waals surface area contributed by atoms with Gasteiger partial charge in [-0.3, -0.25) is 13.9 Å². The van der Waals surface area contributed by atoms with Crippen molar-refractivity contribution >= 4 is 27.9 Å². The van der Waals surface area contributed by atoms with Crippen LogP contribution in [-0.4, -0.2) is 46.2 Å². The molecule has 0 unspecified atom stereocenters. The molecule has 0 amide bonds. The Balaban J connectivity index is 2.16. The number of carboxylic acids is 1. The molecular formula is C27H39NO6S. The standard InChI is InChI=1S/C27H39NO6S/c1-4-6-14-27(15-7-5-2)19-28(21-11-9-8-10-12-21)22-17-23(33-3)24(34-16-13-26(29)30)18-25(22)35(31,32)20-27/h8-12,17-18,31-32H,4-7,13-16,19-20H2,1-3H3,(H,29,30). The minimum atomic E-state index is -3.17. The fourth-order valence-corrected chi connectivity index (χ4v) is 7.05. The molecule has 35 heavy (non-hydrogen) atoms. The van der Waals surface area contributed by atoms with Crippen LogP contribution in [0.4, 0.5) is 11.4 Å². The number of anilines is 2. The van der Waals surface area contributed by atoms with Gasteiger partial charge in [-0.2, -0.15) is 10.6 Å². The first-order valence-corrected chi connectivity index (χ1v) is 14.1. The van der Waals surface area contributed by atoms with Crippen LogP contribution in [0.25, 0.3) is 0 Å². The summed E-state index contributed by atoms with van der Waals surface area (Å²) in [6.45, 7) is 4.96. The molecule has 0 saturated heterocycles. The second-order valence-electron chi connectivity index (χ2n) is 9.40. The van der Waals surface area contributed by atoms with Crippen LogP contribution in [0.5, 0.6) is 11.5 Å². The molecule has 0 aliphatic carbocycles. The van der Waals surface area contributed by atoms with Crippen LogP contribution < -0.4 is 14.4 Å².